The smallest absolute Gasteiger partial charge is 0.408 e. The molecule has 8 rings (SSSR count). The number of rotatable bonds is 12. The number of imidazole rings is 1. The maximum atomic E-state index is 14.0. The van der Waals surface area contributed by atoms with Crippen LogP contribution in [0.25, 0.3) is 33.5 Å². The Morgan fingerprint density at radius 2 is 1.37 bits per heavy atom. The van der Waals surface area contributed by atoms with Gasteiger partial charge in [-0.3, -0.25) is 14.4 Å². The monoisotopic (exact) mass is 836 g/mol. The zero-order chi connectivity index (χ0) is 43.3. The molecule has 2 saturated heterocycles. The van der Waals surface area contributed by atoms with Crippen molar-refractivity contribution in [3.8, 4) is 22.6 Å². The third-order valence-corrected chi connectivity index (χ3v) is 11.3. The van der Waals surface area contributed by atoms with Gasteiger partial charge in [0.15, 0.2) is 0 Å². The lowest BCUT2D eigenvalue weighted by molar-refractivity contribution is -0.138. The molecule has 6 aromatic rings. The number of hydrogen-bond acceptors (Lipinski definition) is 7. The highest BCUT2D eigenvalue weighted by atomic mass is 16.6. The standard InChI is InChI=1S/C47H48N8O7/c1-28(2)62-47(61)53-41(31-13-7-4-8-14-31)45(58)55-24-10-16-39(55)43(56)49-34-21-22-35-33(25-34)26-36(50-35)29-17-19-32(20-18-29)42-48-27-37(51-42)38-15-9-23-54(38)44(57)40(52-46(59)60)30-11-5-3-6-12-30/h3-8,11-14,17-22,25-28,38-41,50,52H,9-10,15-16,23-24H2,1-2H3,(H,48,51)(H,49,56)(H,53,61)(H,59,60)/t38-,39-,40?,41?/m0/s1. The number of ether oxygens (including phenoxy) is 1. The predicted octanol–water partition coefficient (Wildman–Crippen LogP) is 7.70. The summed E-state index contributed by atoms with van der Waals surface area (Å²) in [4.78, 5) is 80.5. The molecular formula is C47H48N8O7. The van der Waals surface area contributed by atoms with Crippen LogP contribution in [0.4, 0.5) is 15.3 Å². The van der Waals surface area contributed by atoms with Gasteiger partial charge in [-0.15, -0.1) is 0 Å². The van der Waals surface area contributed by atoms with Crippen molar-refractivity contribution in [3.05, 3.63) is 132 Å². The van der Waals surface area contributed by atoms with Crippen LogP contribution in [-0.2, 0) is 19.1 Å². The highest BCUT2D eigenvalue weighted by molar-refractivity contribution is 6.00. The number of carbonyl (C=O) groups is 5. The molecule has 4 heterocycles. The van der Waals surface area contributed by atoms with Gasteiger partial charge in [0.1, 0.15) is 23.9 Å². The van der Waals surface area contributed by atoms with Crippen LogP contribution in [0.2, 0.25) is 0 Å². The third kappa shape index (κ3) is 9.01. The number of anilines is 1. The molecule has 0 saturated carbocycles. The summed E-state index contributed by atoms with van der Waals surface area (Å²) >= 11 is 0. The van der Waals surface area contributed by atoms with E-state index >= 15 is 0 Å². The minimum atomic E-state index is -1.27. The molecule has 62 heavy (non-hydrogen) atoms. The van der Waals surface area contributed by atoms with Crippen LogP contribution in [0, 0.1) is 0 Å². The summed E-state index contributed by atoms with van der Waals surface area (Å²) in [7, 11) is 0. The average molecular weight is 837 g/mol. The molecule has 0 radical (unpaired) electrons. The van der Waals surface area contributed by atoms with Crippen molar-refractivity contribution in [1.82, 2.24) is 35.4 Å². The summed E-state index contributed by atoms with van der Waals surface area (Å²) in [6.07, 6.45) is 2.02. The van der Waals surface area contributed by atoms with Crippen molar-refractivity contribution in [2.45, 2.75) is 69.8 Å². The number of carboxylic acid groups (broad SMARTS) is 1. The number of likely N-dealkylation sites (tertiary alicyclic amines) is 2. The topological polar surface area (TPSA) is 202 Å². The molecule has 2 aromatic heterocycles. The predicted molar refractivity (Wildman–Crippen MR) is 233 cm³/mol. The van der Waals surface area contributed by atoms with Crippen LogP contribution in [-0.4, -0.2) is 85.0 Å². The van der Waals surface area contributed by atoms with Crippen molar-refractivity contribution in [2.24, 2.45) is 0 Å². The van der Waals surface area contributed by atoms with Gasteiger partial charge in [-0.2, -0.15) is 0 Å². The molecule has 318 valence electrons. The number of carbonyl (C=O) groups excluding carboxylic acids is 4. The van der Waals surface area contributed by atoms with E-state index in [0.29, 0.717) is 48.6 Å². The number of fused-ring (bicyclic) bond motifs is 1. The van der Waals surface area contributed by atoms with E-state index in [1.807, 2.05) is 60.7 Å². The van der Waals surface area contributed by atoms with Crippen LogP contribution in [0.15, 0.2) is 115 Å². The molecule has 4 aromatic carbocycles. The number of aromatic nitrogens is 3. The van der Waals surface area contributed by atoms with Crippen LogP contribution in [0.3, 0.4) is 0 Å². The summed E-state index contributed by atoms with van der Waals surface area (Å²) < 4.78 is 5.28. The van der Waals surface area contributed by atoms with Crippen molar-refractivity contribution in [2.75, 3.05) is 18.4 Å². The molecule has 0 spiro atoms. The van der Waals surface area contributed by atoms with E-state index < -0.39 is 30.3 Å². The van der Waals surface area contributed by atoms with Crippen LogP contribution in [0.1, 0.15) is 74.5 Å². The molecule has 0 bridgehead atoms. The quantitative estimate of drug-likeness (QED) is 0.0720. The van der Waals surface area contributed by atoms with Gasteiger partial charge in [0.25, 0.3) is 5.91 Å². The van der Waals surface area contributed by atoms with E-state index in [1.54, 1.807) is 73.5 Å². The van der Waals surface area contributed by atoms with Gasteiger partial charge in [-0.1, -0.05) is 84.9 Å². The molecule has 15 heteroatoms. The van der Waals surface area contributed by atoms with Crippen molar-refractivity contribution >= 4 is 46.5 Å². The third-order valence-electron chi connectivity index (χ3n) is 11.3. The summed E-state index contributed by atoms with van der Waals surface area (Å²) in [5.74, 6) is -0.349. The Morgan fingerprint density at radius 3 is 2.05 bits per heavy atom. The number of H-pyrrole nitrogens is 2. The first kappa shape index (κ1) is 41.3. The van der Waals surface area contributed by atoms with E-state index in [2.05, 4.69) is 30.9 Å². The Bertz CT molecular complexity index is 2570. The highest BCUT2D eigenvalue weighted by Crippen LogP contribution is 2.35. The van der Waals surface area contributed by atoms with Crippen LogP contribution in [0.5, 0.6) is 0 Å². The summed E-state index contributed by atoms with van der Waals surface area (Å²) in [5.41, 5.74) is 6.08. The second-order valence-electron chi connectivity index (χ2n) is 15.9. The SMILES string of the molecule is CC(C)OC(=O)NC(C(=O)N1CCC[C@H]1C(=O)Nc1ccc2[nH]c(-c3ccc(-c4ncc([C@@H]5CCCN5C(=O)C(NC(=O)O)c5ccccc5)[nH]4)cc3)cc2c1)c1ccccc1. The molecule has 5 amide bonds. The maximum absolute atomic E-state index is 14.0. The van der Waals surface area contributed by atoms with E-state index in [1.165, 1.54) is 4.90 Å². The Labute approximate surface area is 357 Å². The zero-order valence-corrected chi connectivity index (χ0v) is 34.3. The molecule has 15 nitrogen and oxygen atoms in total. The van der Waals surface area contributed by atoms with E-state index in [0.717, 1.165) is 46.3 Å². The van der Waals surface area contributed by atoms with Crippen LogP contribution < -0.4 is 16.0 Å². The van der Waals surface area contributed by atoms with E-state index in [-0.39, 0.29) is 29.9 Å². The normalized spacial score (nSPS) is 17.1. The highest BCUT2D eigenvalue weighted by Gasteiger charge is 2.39. The Kier molecular flexibility index (Phi) is 12.0. The fraction of sp³-hybridized carbons (Fsp3) is 0.277. The van der Waals surface area contributed by atoms with Gasteiger partial charge in [0.05, 0.1) is 24.0 Å². The number of nitrogens with zero attached hydrogens (tertiary/aromatic N) is 3. The van der Waals surface area contributed by atoms with Crippen molar-refractivity contribution in [3.63, 3.8) is 0 Å². The van der Waals surface area contributed by atoms with E-state index in [4.69, 9.17) is 4.74 Å². The fourth-order valence-corrected chi connectivity index (χ4v) is 8.39. The van der Waals surface area contributed by atoms with E-state index in [9.17, 15) is 29.1 Å². The number of amides is 5. The van der Waals surface area contributed by atoms with Gasteiger partial charge in [-0.25, -0.2) is 14.6 Å². The van der Waals surface area contributed by atoms with Crippen molar-refractivity contribution < 1.29 is 33.8 Å². The largest absolute Gasteiger partial charge is 0.465 e. The lowest BCUT2D eigenvalue weighted by Crippen LogP contribution is -2.48. The first-order valence-corrected chi connectivity index (χ1v) is 20.8. The lowest BCUT2D eigenvalue weighted by Gasteiger charge is -2.29. The number of hydrogen-bond donors (Lipinski definition) is 6. The first-order valence-electron chi connectivity index (χ1n) is 20.8. The molecule has 2 aliphatic heterocycles. The Hall–Kier alpha value is -7.42. The molecule has 2 aliphatic rings. The number of alkyl carbamates (subject to hydrolysis) is 1. The van der Waals surface area contributed by atoms with Gasteiger partial charge in [0, 0.05) is 40.9 Å². The lowest BCUT2D eigenvalue weighted by atomic mass is 10.0. The van der Waals surface area contributed by atoms with Crippen LogP contribution >= 0.6 is 0 Å². The maximum Gasteiger partial charge on any atom is 0.408 e. The second-order valence-corrected chi connectivity index (χ2v) is 15.9. The number of benzene rings is 4. The van der Waals surface area contributed by atoms with Gasteiger partial charge < -0.3 is 45.6 Å². The van der Waals surface area contributed by atoms with Gasteiger partial charge in [0.2, 0.25) is 11.8 Å². The molecule has 0 aliphatic carbocycles. The fourth-order valence-electron chi connectivity index (χ4n) is 8.39. The minimum absolute atomic E-state index is 0.276. The Morgan fingerprint density at radius 1 is 0.742 bits per heavy atom. The minimum Gasteiger partial charge on any atom is -0.465 e. The molecular weight excluding hydrogens is 789 g/mol. The molecule has 4 atom stereocenters. The average Bonchev–Trinajstić information content (AvgIpc) is 4.11. The molecule has 2 fully saturated rings. The summed E-state index contributed by atoms with van der Waals surface area (Å²) in [6, 6.07) is 30.3. The zero-order valence-electron chi connectivity index (χ0n) is 34.3. The van der Waals surface area contributed by atoms with Gasteiger partial charge in [-0.05, 0) is 80.5 Å². The second kappa shape index (κ2) is 18.1. The Balaban J connectivity index is 0.928. The summed E-state index contributed by atoms with van der Waals surface area (Å²) in [6.45, 7) is 4.34. The first-order chi connectivity index (χ1) is 30.0. The van der Waals surface area contributed by atoms with Crippen molar-refractivity contribution in [1.29, 1.82) is 0 Å². The number of aromatic amines is 2. The molecule has 6 N–H and O–H groups in total. The molecule has 2 unspecified atom stereocenters. The van der Waals surface area contributed by atoms with Gasteiger partial charge >= 0.3 is 12.2 Å². The number of nitrogens with one attached hydrogen (secondary N) is 5. The summed E-state index contributed by atoms with van der Waals surface area (Å²) in [5, 5.41) is 18.5.